The molecule has 0 saturated heterocycles. The minimum absolute atomic E-state index is 0. The molecule has 0 saturated carbocycles. The molecular weight excluding hydrogens is 409 g/mol. The molecule has 0 spiro atoms. The van der Waals surface area contributed by atoms with E-state index in [-0.39, 0.29) is 24.8 Å². The zero-order valence-electron chi connectivity index (χ0n) is 11.8. The number of nitrogens with zero attached hydrogens (tertiary/aromatic N) is 1. The van der Waals surface area contributed by atoms with Gasteiger partial charge in [0.2, 0.25) is 0 Å². The van der Waals surface area contributed by atoms with Crippen LogP contribution in [0.4, 0.5) is 0 Å². The van der Waals surface area contributed by atoms with E-state index in [0.717, 1.165) is 0 Å². The van der Waals surface area contributed by atoms with Gasteiger partial charge in [0, 0.05) is 0 Å². The summed E-state index contributed by atoms with van der Waals surface area (Å²) in [7, 11) is 6.07. The van der Waals surface area contributed by atoms with E-state index >= 15 is 0 Å². The standard InChI is InChI=1S/C15H19NOTe.2ClH/c1-16(2)18(17-3,14-10-6-4-7-11-14)15-12-8-5-9-13-15;;/h4-13H,1-3H3;2*1H/p-2. The Labute approximate surface area is 138 Å². The van der Waals surface area contributed by atoms with E-state index in [1.54, 1.807) is 0 Å². The molecule has 112 valence electrons. The molecule has 0 N–H and O–H groups in total. The van der Waals surface area contributed by atoms with Crippen LogP contribution in [0.2, 0.25) is 0 Å². The predicted octanol–water partition coefficient (Wildman–Crippen LogP) is -4.54. The van der Waals surface area contributed by atoms with Gasteiger partial charge < -0.3 is 24.8 Å². The van der Waals surface area contributed by atoms with Gasteiger partial charge in [0.25, 0.3) is 0 Å². The number of hydrogen-bond acceptors (Lipinski definition) is 2. The first kappa shape index (κ1) is 19.7. The molecule has 0 bridgehead atoms. The zero-order chi connectivity index (χ0) is 13.0. The first-order valence-electron chi connectivity index (χ1n) is 5.88. The van der Waals surface area contributed by atoms with Crippen LogP contribution in [0.3, 0.4) is 0 Å². The minimum atomic E-state index is -2.90. The van der Waals surface area contributed by atoms with Crippen LogP contribution < -0.4 is 32.0 Å². The topological polar surface area (TPSA) is 12.5 Å². The Balaban J connectivity index is 0.00000180. The van der Waals surface area contributed by atoms with E-state index < -0.39 is 18.9 Å². The molecule has 20 heavy (non-hydrogen) atoms. The molecule has 0 aliphatic rings. The summed E-state index contributed by atoms with van der Waals surface area (Å²) in [6.07, 6.45) is 0. The molecule has 5 heteroatoms. The molecule has 0 radical (unpaired) electrons. The Kier molecular flexibility index (Phi) is 8.77. The summed E-state index contributed by atoms with van der Waals surface area (Å²) in [6, 6.07) is 21.1. The van der Waals surface area contributed by atoms with E-state index in [0.29, 0.717) is 0 Å². The van der Waals surface area contributed by atoms with Crippen molar-refractivity contribution in [1.29, 1.82) is 0 Å². The molecule has 2 aromatic rings. The largest absolute Gasteiger partial charge is 1.00 e. The molecule has 0 aromatic heterocycles. The molecule has 0 amide bonds. The van der Waals surface area contributed by atoms with E-state index in [1.165, 1.54) is 7.22 Å². The molecule has 0 aliphatic carbocycles. The predicted molar refractivity (Wildman–Crippen MR) is 78.6 cm³/mol. The van der Waals surface area contributed by atoms with Crippen molar-refractivity contribution in [1.82, 2.24) is 3.15 Å². The minimum Gasteiger partial charge on any atom is -1.00 e. The molecule has 0 heterocycles. The van der Waals surface area contributed by atoms with Gasteiger partial charge in [0.15, 0.2) is 0 Å². The first-order valence-corrected chi connectivity index (χ1v) is 10.2. The number of halogens is 2. The Morgan fingerprint density at radius 3 is 1.35 bits per heavy atom. The van der Waals surface area contributed by atoms with Crippen molar-refractivity contribution in [2.75, 3.05) is 21.2 Å². The van der Waals surface area contributed by atoms with Crippen molar-refractivity contribution in [2.24, 2.45) is 0 Å². The quantitative estimate of drug-likeness (QED) is 0.456. The molecule has 0 atom stereocenters. The van der Waals surface area contributed by atoms with Gasteiger partial charge in [-0.2, -0.15) is 0 Å². The smallest absolute Gasteiger partial charge is 1.00 e. The van der Waals surface area contributed by atoms with Crippen LogP contribution in [0.25, 0.3) is 0 Å². The van der Waals surface area contributed by atoms with Gasteiger partial charge in [0.05, 0.1) is 0 Å². The van der Waals surface area contributed by atoms with Gasteiger partial charge in [-0.3, -0.25) is 0 Å². The summed E-state index contributed by atoms with van der Waals surface area (Å²) in [6.45, 7) is 0. The van der Waals surface area contributed by atoms with Crippen molar-refractivity contribution >= 4 is 26.1 Å². The summed E-state index contributed by atoms with van der Waals surface area (Å²) in [4.78, 5) is 0. The molecule has 0 unspecified atom stereocenters. The van der Waals surface area contributed by atoms with Gasteiger partial charge in [-0.05, 0) is 0 Å². The SMILES string of the molecule is CO[Te](c1ccccc1)(c1ccccc1)N(C)C.[Cl-].[Cl-]. The van der Waals surface area contributed by atoms with Crippen molar-refractivity contribution in [3.8, 4) is 0 Å². The second-order valence-corrected chi connectivity index (χ2v) is 12.9. The second kappa shape index (κ2) is 8.89. The van der Waals surface area contributed by atoms with E-state index in [9.17, 15) is 0 Å². The summed E-state index contributed by atoms with van der Waals surface area (Å²) >= 11 is -2.90. The maximum atomic E-state index is 6.09. The Hall–Kier alpha value is -0.270. The molecule has 2 nitrogen and oxygen atoms in total. The van der Waals surface area contributed by atoms with E-state index in [4.69, 9.17) is 3.10 Å². The van der Waals surface area contributed by atoms with Crippen LogP contribution in [-0.4, -0.2) is 43.2 Å². The van der Waals surface area contributed by atoms with Gasteiger partial charge in [-0.1, -0.05) is 0 Å². The number of rotatable bonds is 4. The van der Waals surface area contributed by atoms with Crippen molar-refractivity contribution in [3.05, 3.63) is 60.7 Å². The zero-order valence-corrected chi connectivity index (χ0v) is 15.6. The fourth-order valence-electron chi connectivity index (χ4n) is 2.11. The third kappa shape index (κ3) is 3.68. The van der Waals surface area contributed by atoms with Crippen molar-refractivity contribution in [2.45, 2.75) is 0 Å². The molecule has 2 rings (SSSR count). The van der Waals surface area contributed by atoms with Gasteiger partial charge >= 0.3 is 114 Å². The van der Waals surface area contributed by atoms with Crippen LogP contribution in [0, 0.1) is 0 Å². The fourth-order valence-corrected chi connectivity index (χ4v) is 10.2. The summed E-state index contributed by atoms with van der Waals surface area (Å²) in [5.74, 6) is 0. The van der Waals surface area contributed by atoms with Crippen LogP contribution in [0.5, 0.6) is 0 Å². The maximum absolute atomic E-state index is 6.09. The van der Waals surface area contributed by atoms with Crippen LogP contribution in [0.1, 0.15) is 0 Å². The van der Waals surface area contributed by atoms with Crippen molar-refractivity contribution in [3.63, 3.8) is 0 Å². The Bertz CT molecular complexity index is 454. The number of hydrogen-bond donors (Lipinski definition) is 0. The van der Waals surface area contributed by atoms with Crippen molar-refractivity contribution < 1.29 is 27.9 Å². The summed E-state index contributed by atoms with van der Waals surface area (Å²) in [5.41, 5.74) is 0. The first-order chi connectivity index (χ1) is 8.71. The molecule has 0 aliphatic heterocycles. The molecular formula is C15H19Cl2NOTe-2. The van der Waals surface area contributed by atoms with Gasteiger partial charge in [-0.15, -0.1) is 0 Å². The average molecular weight is 428 g/mol. The van der Waals surface area contributed by atoms with Gasteiger partial charge in [-0.25, -0.2) is 0 Å². The third-order valence-corrected chi connectivity index (χ3v) is 12.4. The summed E-state index contributed by atoms with van der Waals surface area (Å²) in [5, 5.41) is 0. The molecule has 2 aromatic carbocycles. The van der Waals surface area contributed by atoms with E-state index in [2.05, 4.69) is 65.8 Å². The Morgan fingerprint density at radius 1 is 0.750 bits per heavy atom. The second-order valence-electron chi connectivity index (χ2n) is 4.13. The fraction of sp³-hybridized carbons (Fsp3) is 0.200. The third-order valence-electron chi connectivity index (χ3n) is 2.88. The Morgan fingerprint density at radius 2 is 1.10 bits per heavy atom. The summed E-state index contributed by atoms with van der Waals surface area (Å²) < 4.78 is 11.0. The maximum Gasteiger partial charge on any atom is -1.00 e. The van der Waals surface area contributed by atoms with E-state index in [1.807, 2.05) is 19.2 Å². The van der Waals surface area contributed by atoms with Gasteiger partial charge in [0.1, 0.15) is 0 Å². The normalized spacial score (nSPS) is 11.4. The average Bonchev–Trinajstić information content (AvgIpc) is 2.42. The van der Waals surface area contributed by atoms with Crippen LogP contribution in [0.15, 0.2) is 60.7 Å². The number of benzene rings is 2. The molecule has 0 fully saturated rings. The van der Waals surface area contributed by atoms with Crippen LogP contribution in [-0.2, 0) is 3.10 Å². The van der Waals surface area contributed by atoms with Crippen LogP contribution >= 0.6 is 0 Å². The monoisotopic (exact) mass is 429 g/mol.